The molecular formula is C10H21F3N2O2S. The molecule has 0 rings (SSSR count). The minimum absolute atomic E-state index is 0.0493. The summed E-state index contributed by atoms with van der Waals surface area (Å²) < 4.78 is 60.5. The van der Waals surface area contributed by atoms with Gasteiger partial charge in [-0.25, -0.2) is 13.1 Å². The lowest BCUT2D eigenvalue weighted by molar-refractivity contribution is -0.135. The van der Waals surface area contributed by atoms with E-state index in [2.05, 4.69) is 10.0 Å². The third-order valence-corrected chi connectivity index (χ3v) is 3.57. The molecule has 0 amide bonds. The number of rotatable bonds is 10. The van der Waals surface area contributed by atoms with E-state index in [0.717, 1.165) is 13.0 Å². The molecule has 0 saturated carbocycles. The zero-order chi connectivity index (χ0) is 14.1. The van der Waals surface area contributed by atoms with Gasteiger partial charge < -0.3 is 5.32 Å². The highest BCUT2D eigenvalue weighted by molar-refractivity contribution is 7.89. The van der Waals surface area contributed by atoms with Crippen LogP contribution in [0.1, 0.15) is 32.6 Å². The first-order valence-corrected chi connectivity index (χ1v) is 7.67. The summed E-state index contributed by atoms with van der Waals surface area (Å²) in [6.45, 7) is 3.14. The number of nitrogens with one attached hydrogen (secondary N) is 2. The van der Waals surface area contributed by atoms with Crippen molar-refractivity contribution in [3.63, 3.8) is 0 Å². The van der Waals surface area contributed by atoms with Gasteiger partial charge in [0.05, 0.1) is 5.75 Å². The Morgan fingerprint density at radius 2 is 1.72 bits per heavy atom. The molecule has 4 nitrogen and oxygen atoms in total. The van der Waals surface area contributed by atoms with Gasteiger partial charge in [0.25, 0.3) is 0 Å². The molecule has 0 fully saturated rings. The average molecular weight is 290 g/mol. The van der Waals surface area contributed by atoms with Crippen LogP contribution >= 0.6 is 0 Å². The maximum Gasteiger partial charge on any atom is 0.389 e. The molecule has 2 N–H and O–H groups in total. The molecule has 0 aromatic rings. The molecule has 0 atom stereocenters. The molecule has 0 aromatic carbocycles. The third-order valence-electron chi connectivity index (χ3n) is 2.18. The first-order chi connectivity index (χ1) is 8.27. The summed E-state index contributed by atoms with van der Waals surface area (Å²) in [5, 5.41) is 2.94. The normalized spacial score (nSPS) is 12.9. The highest BCUT2D eigenvalue weighted by Crippen LogP contribution is 2.21. The van der Waals surface area contributed by atoms with E-state index in [1.54, 1.807) is 0 Å². The molecule has 0 bridgehead atoms. The average Bonchev–Trinajstić information content (AvgIpc) is 2.22. The highest BCUT2D eigenvalue weighted by Gasteiger charge is 2.25. The minimum atomic E-state index is -4.16. The first kappa shape index (κ1) is 17.7. The molecule has 110 valence electrons. The Hall–Kier alpha value is -0.340. The summed E-state index contributed by atoms with van der Waals surface area (Å²) in [6, 6.07) is 0. The van der Waals surface area contributed by atoms with E-state index in [9.17, 15) is 21.6 Å². The maximum absolute atomic E-state index is 11.8. The topological polar surface area (TPSA) is 58.2 Å². The van der Waals surface area contributed by atoms with Crippen LogP contribution in [0, 0.1) is 0 Å². The number of hydrogen-bond acceptors (Lipinski definition) is 3. The van der Waals surface area contributed by atoms with Gasteiger partial charge in [-0.15, -0.1) is 0 Å². The standard InChI is InChI=1S/C10H21F3N2O2S/c1-2-6-14-8-9-18(16,17)15-7-4-3-5-10(11,12)13/h14-15H,2-9H2,1H3. The van der Waals surface area contributed by atoms with Crippen molar-refractivity contribution < 1.29 is 21.6 Å². The second-order valence-electron chi connectivity index (χ2n) is 4.04. The summed E-state index contributed by atoms with van der Waals surface area (Å²) in [6.07, 6.45) is -3.97. The fourth-order valence-corrected chi connectivity index (χ4v) is 2.27. The summed E-state index contributed by atoms with van der Waals surface area (Å²) in [7, 11) is -3.37. The van der Waals surface area contributed by atoms with Crippen molar-refractivity contribution in [2.45, 2.75) is 38.8 Å². The van der Waals surface area contributed by atoms with Gasteiger partial charge in [0.15, 0.2) is 0 Å². The number of hydrogen-bond donors (Lipinski definition) is 2. The number of sulfonamides is 1. The largest absolute Gasteiger partial charge is 0.389 e. The van der Waals surface area contributed by atoms with Gasteiger partial charge in [0.2, 0.25) is 10.0 Å². The molecule has 0 saturated heterocycles. The van der Waals surface area contributed by atoms with Crippen molar-refractivity contribution in [1.29, 1.82) is 0 Å². The molecule has 0 unspecified atom stereocenters. The number of halogens is 3. The van der Waals surface area contributed by atoms with Gasteiger partial charge in [0.1, 0.15) is 0 Å². The number of alkyl halides is 3. The Morgan fingerprint density at radius 3 is 2.28 bits per heavy atom. The van der Waals surface area contributed by atoms with E-state index in [1.165, 1.54) is 0 Å². The number of unbranched alkanes of at least 4 members (excludes halogenated alkanes) is 1. The fraction of sp³-hybridized carbons (Fsp3) is 1.00. The van der Waals surface area contributed by atoms with E-state index in [4.69, 9.17) is 0 Å². The summed E-state index contributed by atoms with van der Waals surface area (Å²) in [5.74, 6) is -0.0493. The van der Waals surface area contributed by atoms with Crippen LogP contribution in [0.25, 0.3) is 0 Å². The van der Waals surface area contributed by atoms with E-state index in [0.29, 0.717) is 6.54 Å². The molecule has 0 aromatic heterocycles. The summed E-state index contributed by atoms with van der Waals surface area (Å²) in [5.41, 5.74) is 0. The highest BCUT2D eigenvalue weighted by atomic mass is 32.2. The summed E-state index contributed by atoms with van der Waals surface area (Å²) >= 11 is 0. The van der Waals surface area contributed by atoms with Crippen molar-refractivity contribution in [1.82, 2.24) is 10.0 Å². The second kappa shape index (κ2) is 8.71. The van der Waals surface area contributed by atoms with Crippen molar-refractivity contribution >= 4 is 10.0 Å². The third kappa shape index (κ3) is 12.1. The Labute approximate surface area is 106 Å². The van der Waals surface area contributed by atoms with E-state index < -0.39 is 22.6 Å². The van der Waals surface area contributed by atoms with Gasteiger partial charge in [0, 0.05) is 19.5 Å². The minimum Gasteiger partial charge on any atom is -0.316 e. The zero-order valence-corrected chi connectivity index (χ0v) is 11.3. The Morgan fingerprint density at radius 1 is 1.06 bits per heavy atom. The van der Waals surface area contributed by atoms with Gasteiger partial charge in [-0.1, -0.05) is 6.92 Å². The van der Waals surface area contributed by atoms with Gasteiger partial charge in [-0.05, 0) is 25.8 Å². The van der Waals surface area contributed by atoms with Gasteiger partial charge >= 0.3 is 6.18 Å². The van der Waals surface area contributed by atoms with Crippen LogP contribution in [0.15, 0.2) is 0 Å². The molecule has 0 aliphatic carbocycles. The Bertz CT molecular complexity index is 305. The Kier molecular flexibility index (Phi) is 8.54. The predicted octanol–water partition coefficient (Wildman–Crippen LogP) is 1.64. The lowest BCUT2D eigenvalue weighted by Crippen LogP contribution is -2.32. The van der Waals surface area contributed by atoms with Gasteiger partial charge in [-0.3, -0.25) is 0 Å². The lowest BCUT2D eigenvalue weighted by Gasteiger charge is -2.08. The van der Waals surface area contributed by atoms with E-state index in [1.807, 2.05) is 6.92 Å². The maximum atomic E-state index is 11.8. The quantitative estimate of drug-likeness (QED) is 0.601. The van der Waals surface area contributed by atoms with Crippen LogP contribution in [-0.2, 0) is 10.0 Å². The molecular weight excluding hydrogens is 269 g/mol. The summed E-state index contributed by atoms with van der Waals surface area (Å²) in [4.78, 5) is 0. The molecule has 0 spiro atoms. The molecule has 0 radical (unpaired) electrons. The molecule has 18 heavy (non-hydrogen) atoms. The molecule has 0 aliphatic rings. The van der Waals surface area contributed by atoms with Crippen LogP contribution in [0.4, 0.5) is 13.2 Å². The monoisotopic (exact) mass is 290 g/mol. The van der Waals surface area contributed by atoms with Crippen molar-refractivity contribution in [3.8, 4) is 0 Å². The van der Waals surface area contributed by atoms with Crippen LogP contribution in [-0.4, -0.2) is 40.0 Å². The fourth-order valence-electron chi connectivity index (χ4n) is 1.26. The first-order valence-electron chi connectivity index (χ1n) is 6.01. The van der Waals surface area contributed by atoms with Crippen molar-refractivity contribution in [2.75, 3.05) is 25.4 Å². The van der Waals surface area contributed by atoms with Crippen LogP contribution < -0.4 is 10.0 Å². The lowest BCUT2D eigenvalue weighted by atomic mass is 10.2. The van der Waals surface area contributed by atoms with Gasteiger partial charge in [-0.2, -0.15) is 13.2 Å². The smallest absolute Gasteiger partial charge is 0.316 e. The van der Waals surface area contributed by atoms with Crippen molar-refractivity contribution in [3.05, 3.63) is 0 Å². The van der Waals surface area contributed by atoms with Crippen molar-refractivity contribution in [2.24, 2.45) is 0 Å². The molecule has 8 heteroatoms. The van der Waals surface area contributed by atoms with Crippen LogP contribution in [0.5, 0.6) is 0 Å². The second-order valence-corrected chi connectivity index (χ2v) is 5.96. The molecule has 0 aliphatic heterocycles. The molecule has 0 heterocycles. The van der Waals surface area contributed by atoms with E-state index in [-0.39, 0.29) is 25.1 Å². The Balaban J connectivity index is 3.59. The van der Waals surface area contributed by atoms with Crippen LogP contribution in [0.3, 0.4) is 0 Å². The van der Waals surface area contributed by atoms with Crippen LogP contribution in [0.2, 0.25) is 0 Å². The SMILES string of the molecule is CCCNCCS(=O)(=O)NCCCCC(F)(F)F. The van der Waals surface area contributed by atoms with E-state index >= 15 is 0 Å². The zero-order valence-electron chi connectivity index (χ0n) is 10.5. The predicted molar refractivity (Wildman–Crippen MR) is 64.9 cm³/mol.